The van der Waals surface area contributed by atoms with Crippen LogP contribution in [0.25, 0.3) is 0 Å². The third-order valence-electron chi connectivity index (χ3n) is 2.94. The van der Waals surface area contributed by atoms with Gasteiger partial charge >= 0.3 is 5.97 Å². The lowest BCUT2D eigenvalue weighted by molar-refractivity contribution is -0.384. The lowest BCUT2D eigenvalue weighted by Crippen LogP contribution is -2.21. The summed E-state index contributed by atoms with van der Waals surface area (Å²) in [7, 11) is 0. The van der Waals surface area contributed by atoms with Crippen molar-refractivity contribution in [3.63, 3.8) is 0 Å². The van der Waals surface area contributed by atoms with Gasteiger partial charge in [0.2, 0.25) is 0 Å². The zero-order chi connectivity index (χ0) is 16.3. The topological polar surface area (TPSA) is 92.5 Å². The summed E-state index contributed by atoms with van der Waals surface area (Å²) >= 11 is 12.0. The number of nitrogens with one attached hydrogen (secondary N) is 1. The van der Waals surface area contributed by atoms with E-state index in [2.05, 4.69) is 5.32 Å². The van der Waals surface area contributed by atoms with E-state index in [1.165, 1.54) is 30.3 Å². The summed E-state index contributed by atoms with van der Waals surface area (Å²) < 4.78 is 0. The monoisotopic (exact) mass is 340 g/mol. The predicted molar refractivity (Wildman–Crippen MR) is 83.6 cm³/mol. The van der Waals surface area contributed by atoms with Crippen molar-refractivity contribution < 1.29 is 14.8 Å². The lowest BCUT2D eigenvalue weighted by atomic mass is 10.1. The molecule has 0 aliphatic rings. The number of benzene rings is 2. The molecule has 0 saturated heterocycles. The van der Waals surface area contributed by atoms with Crippen LogP contribution in [0, 0.1) is 10.1 Å². The van der Waals surface area contributed by atoms with Gasteiger partial charge in [-0.05, 0) is 18.2 Å². The average molecular weight is 341 g/mol. The van der Waals surface area contributed by atoms with E-state index in [1.54, 1.807) is 12.1 Å². The Kier molecular flexibility index (Phi) is 4.85. The Morgan fingerprint density at radius 2 is 1.73 bits per heavy atom. The number of nitrogens with zero attached hydrogens (tertiary/aromatic N) is 1. The number of anilines is 1. The fraction of sp³-hybridized carbons (Fsp3) is 0.0714. The van der Waals surface area contributed by atoms with Gasteiger partial charge in [-0.3, -0.25) is 10.1 Å². The number of hydrogen-bond donors (Lipinski definition) is 2. The molecule has 2 N–H and O–H groups in total. The van der Waals surface area contributed by atoms with Crippen molar-refractivity contribution in [3.8, 4) is 0 Å². The van der Waals surface area contributed by atoms with Crippen LogP contribution >= 0.6 is 23.2 Å². The molecule has 0 spiro atoms. The van der Waals surface area contributed by atoms with Crippen molar-refractivity contribution >= 4 is 40.5 Å². The van der Waals surface area contributed by atoms with E-state index in [9.17, 15) is 20.0 Å². The summed E-state index contributed by atoms with van der Waals surface area (Å²) in [4.78, 5) is 21.9. The van der Waals surface area contributed by atoms with Gasteiger partial charge in [-0.1, -0.05) is 41.4 Å². The summed E-state index contributed by atoms with van der Waals surface area (Å²) in [5, 5.41) is 23.4. The summed E-state index contributed by atoms with van der Waals surface area (Å²) in [6, 6.07) is 9.00. The van der Waals surface area contributed by atoms with E-state index in [0.29, 0.717) is 0 Å². The molecule has 0 aromatic heterocycles. The molecule has 0 aliphatic carbocycles. The Balaban J connectivity index is 2.48. The molecule has 2 rings (SSSR count). The third kappa shape index (κ3) is 3.29. The van der Waals surface area contributed by atoms with Crippen molar-refractivity contribution in [1.82, 2.24) is 0 Å². The number of halogens is 2. The van der Waals surface area contributed by atoms with Crippen molar-refractivity contribution in [1.29, 1.82) is 0 Å². The fourth-order valence-corrected chi connectivity index (χ4v) is 2.57. The Labute approximate surface area is 135 Å². The fourth-order valence-electron chi connectivity index (χ4n) is 1.95. The second kappa shape index (κ2) is 6.64. The molecular weight excluding hydrogens is 331 g/mol. The molecular formula is C14H10Cl2N2O4. The zero-order valence-electron chi connectivity index (χ0n) is 11.0. The smallest absolute Gasteiger partial charge is 0.330 e. The molecule has 0 heterocycles. The van der Waals surface area contributed by atoms with E-state index >= 15 is 0 Å². The number of nitro groups is 1. The van der Waals surface area contributed by atoms with Crippen LogP contribution in [0.1, 0.15) is 11.6 Å². The van der Waals surface area contributed by atoms with Gasteiger partial charge in [0.25, 0.3) is 5.69 Å². The first-order chi connectivity index (χ1) is 10.4. The molecule has 0 bridgehead atoms. The molecule has 0 amide bonds. The number of carboxylic acids is 1. The van der Waals surface area contributed by atoms with Crippen molar-refractivity contribution in [2.45, 2.75) is 6.04 Å². The minimum Gasteiger partial charge on any atom is -0.479 e. The number of rotatable bonds is 5. The van der Waals surface area contributed by atoms with Crippen LogP contribution in [-0.2, 0) is 4.79 Å². The van der Waals surface area contributed by atoms with Crippen LogP contribution in [0.5, 0.6) is 0 Å². The number of nitro benzene ring substituents is 1. The predicted octanol–water partition coefficient (Wildman–Crippen LogP) is 4.14. The SMILES string of the molecule is O=C(O)C(Nc1ccccc1[N+](=O)[O-])c1c(Cl)cccc1Cl. The van der Waals surface area contributed by atoms with Crippen molar-refractivity contribution in [2.24, 2.45) is 0 Å². The number of carbonyl (C=O) groups is 1. The van der Waals surface area contributed by atoms with Gasteiger partial charge < -0.3 is 10.4 Å². The number of carboxylic acid groups (broad SMARTS) is 1. The van der Waals surface area contributed by atoms with Crippen LogP contribution in [0.4, 0.5) is 11.4 Å². The summed E-state index contributed by atoms with van der Waals surface area (Å²) in [6.45, 7) is 0. The van der Waals surface area contributed by atoms with Crippen molar-refractivity contribution in [3.05, 3.63) is 68.2 Å². The Morgan fingerprint density at radius 3 is 2.27 bits per heavy atom. The Hall–Kier alpha value is -2.31. The number of para-hydroxylation sites is 2. The largest absolute Gasteiger partial charge is 0.479 e. The number of hydrogen-bond acceptors (Lipinski definition) is 4. The van der Waals surface area contributed by atoms with Crippen LogP contribution in [0.3, 0.4) is 0 Å². The minimum absolute atomic E-state index is 0.0656. The maximum atomic E-state index is 11.5. The van der Waals surface area contributed by atoms with Crippen LogP contribution < -0.4 is 5.32 Å². The quantitative estimate of drug-likeness (QED) is 0.630. The van der Waals surface area contributed by atoms with Gasteiger partial charge in [0, 0.05) is 21.7 Å². The average Bonchev–Trinajstić information content (AvgIpc) is 2.46. The number of aliphatic carboxylic acids is 1. The summed E-state index contributed by atoms with van der Waals surface area (Å²) in [5.41, 5.74) is -0.0238. The maximum absolute atomic E-state index is 11.5. The first-order valence-electron chi connectivity index (χ1n) is 6.08. The maximum Gasteiger partial charge on any atom is 0.330 e. The van der Waals surface area contributed by atoms with Crippen molar-refractivity contribution in [2.75, 3.05) is 5.32 Å². The van der Waals surface area contributed by atoms with Gasteiger partial charge in [-0.15, -0.1) is 0 Å². The molecule has 1 unspecified atom stereocenters. The van der Waals surface area contributed by atoms with E-state index in [0.717, 1.165) is 0 Å². The lowest BCUT2D eigenvalue weighted by Gasteiger charge is -2.18. The van der Waals surface area contributed by atoms with Gasteiger partial charge in [0.05, 0.1) is 4.92 Å². The highest BCUT2D eigenvalue weighted by Gasteiger charge is 2.27. The molecule has 0 radical (unpaired) electrons. The van der Waals surface area contributed by atoms with E-state index in [4.69, 9.17) is 23.2 Å². The standard InChI is InChI=1S/C14H10Cl2N2O4/c15-8-4-3-5-9(16)12(8)13(14(19)20)17-10-6-1-2-7-11(10)18(21)22/h1-7,13,17H,(H,19,20). The summed E-state index contributed by atoms with van der Waals surface area (Å²) in [6.07, 6.45) is 0. The second-order valence-corrected chi connectivity index (χ2v) is 5.14. The Morgan fingerprint density at radius 1 is 1.14 bits per heavy atom. The highest BCUT2D eigenvalue weighted by Crippen LogP contribution is 2.34. The molecule has 2 aromatic rings. The molecule has 1 atom stereocenters. The minimum atomic E-state index is -1.32. The molecule has 6 nitrogen and oxygen atoms in total. The first kappa shape index (κ1) is 16.1. The highest BCUT2D eigenvalue weighted by molar-refractivity contribution is 6.36. The third-order valence-corrected chi connectivity index (χ3v) is 3.60. The Bertz CT molecular complexity index is 716. The second-order valence-electron chi connectivity index (χ2n) is 4.33. The van der Waals surface area contributed by atoms with Crippen LogP contribution in [0.2, 0.25) is 10.0 Å². The van der Waals surface area contributed by atoms with Gasteiger partial charge in [0.15, 0.2) is 6.04 Å². The van der Waals surface area contributed by atoms with Gasteiger partial charge in [-0.2, -0.15) is 0 Å². The van der Waals surface area contributed by atoms with Crippen LogP contribution in [0.15, 0.2) is 42.5 Å². The normalized spacial score (nSPS) is 11.7. The van der Waals surface area contributed by atoms with E-state index in [1.807, 2.05) is 0 Å². The van der Waals surface area contributed by atoms with E-state index < -0.39 is 16.9 Å². The molecule has 2 aromatic carbocycles. The molecule has 114 valence electrons. The highest BCUT2D eigenvalue weighted by atomic mass is 35.5. The molecule has 22 heavy (non-hydrogen) atoms. The van der Waals surface area contributed by atoms with Crippen LogP contribution in [-0.4, -0.2) is 16.0 Å². The van der Waals surface area contributed by atoms with Gasteiger partial charge in [0.1, 0.15) is 5.69 Å². The zero-order valence-corrected chi connectivity index (χ0v) is 12.5. The molecule has 8 heteroatoms. The summed E-state index contributed by atoms with van der Waals surface area (Å²) in [5.74, 6) is -1.26. The molecule has 0 fully saturated rings. The van der Waals surface area contributed by atoms with Gasteiger partial charge in [-0.25, -0.2) is 4.79 Å². The molecule has 0 aliphatic heterocycles. The van der Waals surface area contributed by atoms with E-state index in [-0.39, 0.29) is 27.0 Å². The molecule has 0 saturated carbocycles. The first-order valence-corrected chi connectivity index (χ1v) is 6.84.